The first-order valence-corrected chi connectivity index (χ1v) is 41.4. The number of carbonyl (C=O) groups excluding carboxylic acids is 3. The average molecular weight is 1340 g/mol. The van der Waals surface area contributed by atoms with Crippen molar-refractivity contribution in [1.82, 2.24) is 0 Å². The molecule has 0 aromatic rings. The van der Waals surface area contributed by atoms with Crippen LogP contribution in [0.1, 0.15) is 412 Å². The smallest absolute Gasteiger partial charge is 0.306 e. The van der Waals surface area contributed by atoms with E-state index in [2.05, 4.69) is 74.6 Å². The second-order valence-electron chi connectivity index (χ2n) is 29.4. The molecule has 0 saturated heterocycles. The number of quaternary nitrogens is 1. The first-order chi connectivity index (χ1) is 46.6. The maximum absolute atomic E-state index is 13.0. The first-order valence-electron chi connectivity index (χ1n) is 41.4. The van der Waals surface area contributed by atoms with E-state index in [1.54, 1.807) is 0 Å². The molecule has 2 unspecified atom stereocenters. The van der Waals surface area contributed by atoms with E-state index in [0.717, 1.165) is 64.2 Å². The normalized spacial score (nSPS) is 12.9. The van der Waals surface area contributed by atoms with Crippen LogP contribution in [0, 0.1) is 0 Å². The van der Waals surface area contributed by atoms with E-state index >= 15 is 0 Å². The number of nitrogens with zero attached hydrogens (tertiary/aromatic N) is 1. The lowest BCUT2D eigenvalue weighted by atomic mass is 10.0. The summed E-state index contributed by atoms with van der Waals surface area (Å²) in [5, 5.41) is 11.9. The standard InChI is InChI=1S/C86H159NO8/c1-6-8-10-12-14-16-18-20-22-24-26-28-30-32-34-36-37-38-39-40-41-42-43-44-45-46-47-49-51-53-55-57-59-61-63-65-67-69-71-73-75-77-84(89)95-82(81-94-86(85(90)91)92-79-78-87(3,4)5)80-93-83(88)76-74-72-70-68-66-64-62-60-58-56-54-52-50-48-35-33-31-29-27-25-23-21-19-17-15-13-11-9-7-2/h8,10,14,16,20,22,25-28,82,86H,6-7,9,11-13,15,17-19,21,23-24,29-81H2,1-5H3/b10-8-,16-14-,22-20-,27-25-,28-26-. The van der Waals surface area contributed by atoms with Gasteiger partial charge in [-0.3, -0.25) is 9.59 Å². The topological polar surface area (TPSA) is 111 Å². The number of rotatable bonds is 78. The third-order valence-corrected chi connectivity index (χ3v) is 18.7. The summed E-state index contributed by atoms with van der Waals surface area (Å²) in [5.74, 6) is -2.25. The van der Waals surface area contributed by atoms with Crippen molar-refractivity contribution < 1.29 is 42.9 Å². The predicted octanol–water partition coefficient (Wildman–Crippen LogP) is 25.3. The molecule has 0 aliphatic carbocycles. The zero-order valence-electron chi connectivity index (χ0n) is 63.8. The van der Waals surface area contributed by atoms with Crippen LogP contribution in [0.4, 0.5) is 0 Å². The highest BCUT2D eigenvalue weighted by Crippen LogP contribution is 2.20. The van der Waals surface area contributed by atoms with Gasteiger partial charge in [-0.2, -0.15) is 0 Å². The van der Waals surface area contributed by atoms with Crippen molar-refractivity contribution in [3.05, 3.63) is 60.8 Å². The Balaban J connectivity index is 3.93. The molecule has 95 heavy (non-hydrogen) atoms. The Hall–Kier alpha value is -3.01. The summed E-state index contributed by atoms with van der Waals surface area (Å²) in [5.41, 5.74) is 0. The number of allylic oxidation sites excluding steroid dienone is 10. The van der Waals surface area contributed by atoms with Crippen LogP contribution in [0.2, 0.25) is 0 Å². The summed E-state index contributed by atoms with van der Waals surface area (Å²) in [6, 6.07) is 0. The fraction of sp³-hybridized carbons (Fsp3) is 0.849. The third kappa shape index (κ3) is 78.2. The minimum Gasteiger partial charge on any atom is -0.545 e. The Morgan fingerprint density at radius 1 is 0.326 bits per heavy atom. The summed E-state index contributed by atoms with van der Waals surface area (Å²) in [4.78, 5) is 37.6. The molecule has 0 radical (unpaired) electrons. The molecule has 0 aromatic heterocycles. The summed E-state index contributed by atoms with van der Waals surface area (Å²) in [6.45, 7) is 4.71. The van der Waals surface area contributed by atoms with Crippen LogP contribution in [0.15, 0.2) is 60.8 Å². The average Bonchev–Trinajstić information content (AvgIpc) is 3.54. The number of hydrogen-bond donors (Lipinski definition) is 0. The van der Waals surface area contributed by atoms with Crippen LogP contribution in [0.5, 0.6) is 0 Å². The van der Waals surface area contributed by atoms with Gasteiger partial charge in [-0.25, -0.2) is 0 Å². The lowest BCUT2D eigenvalue weighted by Gasteiger charge is -2.26. The van der Waals surface area contributed by atoms with E-state index in [1.165, 1.54) is 321 Å². The van der Waals surface area contributed by atoms with Gasteiger partial charge in [0.1, 0.15) is 13.2 Å². The number of unbranched alkanes of at least 4 members (excludes halogenated alkanes) is 53. The van der Waals surface area contributed by atoms with Crippen molar-refractivity contribution in [3.8, 4) is 0 Å². The van der Waals surface area contributed by atoms with E-state index in [0.29, 0.717) is 17.4 Å². The van der Waals surface area contributed by atoms with Crippen molar-refractivity contribution in [2.75, 3.05) is 47.5 Å². The van der Waals surface area contributed by atoms with E-state index < -0.39 is 24.3 Å². The molecule has 0 heterocycles. The van der Waals surface area contributed by atoms with E-state index in [9.17, 15) is 19.5 Å². The molecule has 556 valence electrons. The molecule has 0 aliphatic heterocycles. The Kier molecular flexibility index (Phi) is 74.3. The lowest BCUT2D eigenvalue weighted by molar-refractivity contribution is -0.870. The van der Waals surface area contributed by atoms with Gasteiger partial charge in [0, 0.05) is 12.8 Å². The number of carboxylic acid groups (broad SMARTS) is 1. The Labute approximate surface area is 590 Å². The summed E-state index contributed by atoms with van der Waals surface area (Å²) in [6.07, 6.45) is 99.4. The van der Waals surface area contributed by atoms with Crippen molar-refractivity contribution >= 4 is 17.9 Å². The van der Waals surface area contributed by atoms with E-state index in [-0.39, 0.29) is 32.2 Å². The predicted molar refractivity (Wildman–Crippen MR) is 408 cm³/mol. The van der Waals surface area contributed by atoms with Crippen LogP contribution < -0.4 is 5.11 Å². The molecule has 0 aromatic carbocycles. The number of carboxylic acids is 1. The number of ether oxygens (including phenoxy) is 4. The third-order valence-electron chi connectivity index (χ3n) is 18.7. The molecule has 9 heteroatoms. The molecular weight excluding hydrogens is 1170 g/mol. The zero-order chi connectivity index (χ0) is 69.0. The van der Waals surface area contributed by atoms with Gasteiger partial charge in [-0.15, -0.1) is 0 Å². The molecule has 0 amide bonds. The van der Waals surface area contributed by atoms with Gasteiger partial charge in [-0.05, 0) is 77.0 Å². The van der Waals surface area contributed by atoms with Gasteiger partial charge in [0.2, 0.25) is 0 Å². The molecule has 9 nitrogen and oxygen atoms in total. The molecule has 0 N–H and O–H groups in total. The molecule has 0 aliphatic rings. The highest BCUT2D eigenvalue weighted by atomic mass is 16.7. The number of carbonyl (C=O) groups is 3. The van der Waals surface area contributed by atoms with E-state index in [1.807, 2.05) is 21.1 Å². The van der Waals surface area contributed by atoms with Crippen molar-refractivity contribution in [2.45, 2.75) is 424 Å². The molecule has 0 saturated carbocycles. The van der Waals surface area contributed by atoms with Crippen LogP contribution in [-0.2, 0) is 33.3 Å². The van der Waals surface area contributed by atoms with Gasteiger partial charge in [0.15, 0.2) is 12.4 Å². The quantitative estimate of drug-likeness (QED) is 0.0195. The van der Waals surface area contributed by atoms with Crippen LogP contribution in [-0.4, -0.2) is 82.3 Å². The van der Waals surface area contributed by atoms with Gasteiger partial charge >= 0.3 is 11.9 Å². The van der Waals surface area contributed by atoms with Crippen molar-refractivity contribution in [3.63, 3.8) is 0 Å². The molecular formula is C86H159NO8. The van der Waals surface area contributed by atoms with Gasteiger partial charge in [0.05, 0.1) is 40.3 Å². The summed E-state index contributed by atoms with van der Waals surface area (Å²) < 4.78 is 22.9. The minimum atomic E-state index is -1.62. The zero-order valence-corrected chi connectivity index (χ0v) is 63.8. The number of hydrogen-bond acceptors (Lipinski definition) is 8. The second kappa shape index (κ2) is 76.7. The highest BCUT2D eigenvalue weighted by molar-refractivity contribution is 5.70. The summed E-state index contributed by atoms with van der Waals surface area (Å²) >= 11 is 0. The van der Waals surface area contributed by atoms with Crippen LogP contribution >= 0.6 is 0 Å². The maximum atomic E-state index is 13.0. The monoisotopic (exact) mass is 1330 g/mol. The van der Waals surface area contributed by atoms with Crippen LogP contribution in [0.25, 0.3) is 0 Å². The SMILES string of the molecule is CC/C=C\C/C=C\C/C=C\C/C=C\CCCCCCCCCCCCCCCCCCCCCCCCCCCCCCC(=O)OC(COC(=O)CCCCCCCCCCCCCCCCCCC/C=C\CCCCCCCCCC)COC(OCC[N+](C)(C)C)C(=O)[O-]. The van der Waals surface area contributed by atoms with Gasteiger partial charge < -0.3 is 33.3 Å². The largest absolute Gasteiger partial charge is 0.545 e. The molecule has 0 fully saturated rings. The molecule has 2 atom stereocenters. The summed E-state index contributed by atoms with van der Waals surface area (Å²) in [7, 11) is 5.95. The van der Waals surface area contributed by atoms with Gasteiger partial charge in [0.25, 0.3) is 0 Å². The fourth-order valence-electron chi connectivity index (χ4n) is 12.5. The first kappa shape index (κ1) is 92.0. The van der Waals surface area contributed by atoms with Gasteiger partial charge in [-0.1, -0.05) is 383 Å². The number of aliphatic carboxylic acids is 1. The second-order valence-corrected chi connectivity index (χ2v) is 29.4. The molecule has 0 rings (SSSR count). The molecule has 0 bridgehead atoms. The fourth-order valence-corrected chi connectivity index (χ4v) is 12.5. The minimum absolute atomic E-state index is 0.151. The number of esters is 2. The Morgan fingerprint density at radius 3 is 0.905 bits per heavy atom. The van der Waals surface area contributed by atoms with Crippen molar-refractivity contribution in [1.29, 1.82) is 0 Å². The van der Waals surface area contributed by atoms with Crippen molar-refractivity contribution in [2.24, 2.45) is 0 Å². The number of likely N-dealkylation sites (N-methyl/N-ethyl adjacent to an activating group) is 1. The lowest BCUT2D eigenvalue weighted by Crippen LogP contribution is -2.44. The highest BCUT2D eigenvalue weighted by Gasteiger charge is 2.22. The van der Waals surface area contributed by atoms with E-state index in [4.69, 9.17) is 18.9 Å². The molecule has 0 spiro atoms. The maximum Gasteiger partial charge on any atom is 0.306 e. The van der Waals surface area contributed by atoms with Crippen LogP contribution in [0.3, 0.4) is 0 Å². The Bertz CT molecular complexity index is 1750. The Morgan fingerprint density at radius 2 is 0.600 bits per heavy atom.